The van der Waals surface area contributed by atoms with Crippen molar-refractivity contribution in [3.05, 3.63) is 82.8 Å². The molecular formula is C31H33NO7. The molecule has 8 nitrogen and oxygen atoms in total. The Morgan fingerprint density at radius 1 is 1.10 bits per heavy atom. The van der Waals surface area contributed by atoms with Crippen molar-refractivity contribution < 1.29 is 33.3 Å². The molecule has 2 aliphatic heterocycles. The van der Waals surface area contributed by atoms with Crippen LogP contribution in [0.1, 0.15) is 61.6 Å². The number of Topliss-reactive ketones (excluding diaryl/α,β-unsaturated/α-hetero) is 1. The van der Waals surface area contributed by atoms with E-state index in [1.807, 2.05) is 13.0 Å². The van der Waals surface area contributed by atoms with E-state index < -0.39 is 17.7 Å². The first-order valence-electron chi connectivity index (χ1n) is 13.3. The molecule has 2 aliphatic rings. The molecule has 0 saturated carbocycles. The van der Waals surface area contributed by atoms with Gasteiger partial charge >= 0.3 is 0 Å². The minimum Gasteiger partial charge on any atom is -0.507 e. The van der Waals surface area contributed by atoms with Crippen molar-refractivity contribution in [1.82, 2.24) is 4.90 Å². The van der Waals surface area contributed by atoms with Gasteiger partial charge in [-0.05, 0) is 66.9 Å². The fourth-order valence-electron chi connectivity index (χ4n) is 5.19. The maximum atomic E-state index is 13.4. The number of hydrogen-bond donors (Lipinski definition) is 1. The first-order chi connectivity index (χ1) is 18.9. The molecule has 39 heavy (non-hydrogen) atoms. The van der Waals surface area contributed by atoms with Crippen LogP contribution in [0.25, 0.3) is 5.76 Å². The lowest BCUT2D eigenvalue weighted by molar-refractivity contribution is -0.140. The van der Waals surface area contributed by atoms with Crippen LogP contribution in [0.15, 0.2) is 64.8 Å². The van der Waals surface area contributed by atoms with Crippen molar-refractivity contribution in [3.8, 4) is 17.2 Å². The number of carbonyl (C=O) groups excluding carboxylic acids is 2. The van der Waals surface area contributed by atoms with Crippen LogP contribution in [-0.2, 0) is 22.6 Å². The van der Waals surface area contributed by atoms with Crippen LogP contribution >= 0.6 is 0 Å². The number of hydrogen-bond acceptors (Lipinski definition) is 7. The highest BCUT2D eigenvalue weighted by Gasteiger charge is 2.46. The number of benzene rings is 2. The second-order valence-electron chi connectivity index (χ2n) is 9.93. The molecular weight excluding hydrogens is 498 g/mol. The molecule has 1 saturated heterocycles. The van der Waals surface area contributed by atoms with Gasteiger partial charge in [-0.1, -0.05) is 25.8 Å². The standard InChI is InChI=1S/C31H33NO7/c1-4-5-6-13-38-25-12-9-20(17-26(25)36-3)28-27(30(34)31(35)32(28)18-23-8-7-14-37-23)29(33)21-10-11-24-22(16-21)15-19(2)39-24/h7-12,14,16-17,19,28,33H,4-6,13,15,18H2,1-3H3/b29-27+. The van der Waals surface area contributed by atoms with E-state index in [9.17, 15) is 14.7 Å². The number of ketones is 1. The first kappa shape index (κ1) is 26.4. The Labute approximate surface area is 227 Å². The number of furan rings is 1. The fourth-order valence-corrected chi connectivity index (χ4v) is 5.19. The number of carbonyl (C=O) groups is 2. The summed E-state index contributed by atoms with van der Waals surface area (Å²) >= 11 is 0. The van der Waals surface area contributed by atoms with Crippen LogP contribution in [0.3, 0.4) is 0 Å². The zero-order valence-electron chi connectivity index (χ0n) is 22.4. The maximum Gasteiger partial charge on any atom is 0.296 e. The van der Waals surface area contributed by atoms with Crippen LogP contribution in [-0.4, -0.2) is 41.5 Å². The van der Waals surface area contributed by atoms with Crippen molar-refractivity contribution in [2.24, 2.45) is 0 Å². The number of methoxy groups -OCH3 is 1. The molecule has 8 heteroatoms. The highest BCUT2D eigenvalue weighted by Crippen LogP contribution is 2.43. The van der Waals surface area contributed by atoms with Gasteiger partial charge in [0, 0.05) is 12.0 Å². The predicted octanol–water partition coefficient (Wildman–Crippen LogP) is 5.80. The van der Waals surface area contributed by atoms with E-state index in [2.05, 4.69) is 6.92 Å². The second-order valence-corrected chi connectivity index (χ2v) is 9.93. The Morgan fingerprint density at radius 2 is 1.95 bits per heavy atom. The summed E-state index contributed by atoms with van der Waals surface area (Å²) in [6, 6.07) is 13.3. The van der Waals surface area contributed by atoms with E-state index in [0.29, 0.717) is 41.4 Å². The van der Waals surface area contributed by atoms with Gasteiger partial charge < -0.3 is 28.6 Å². The minimum atomic E-state index is -0.860. The third-order valence-electron chi connectivity index (χ3n) is 7.12. The lowest BCUT2D eigenvalue weighted by atomic mass is 9.94. The number of fused-ring (bicyclic) bond motifs is 1. The summed E-state index contributed by atoms with van der Waals surface area (Å²) in [7, 11) is 1.55. The van der Waals surface area contributed by atoms with Crippen molar-refractivity contribution in [2.75, 3.05) is 13.7 Å². The van der Waals surface area contributed by atoms with Crippen LogP contribution in [0.5, 0.6) is 17.2 Å². The van der Waals surface area contributed by atoms with Crippen molar-refractivity contribution >= 4 is 17.4 Å². The highest BCUT2D eigenvalue weighted by molar-refractivity contribution is 6.46. The molecule has 3 heterocycles. The Hall–Kier alpha value is -4.20. The lowest BCUT2D eigenvalue weighted by Gasteiger charge is -2.25. The van der Waals surface area contributed by atoms with Gasteiger partial charge in [-0.3, -0.25) is 9.59 Å². The van der Waals surface area contributed by atoms with Gasteiger partial charge in [0.15, 0.2) is 11.5 Å². The maximum absolute atomic E-state index is 13.4. The molecule has 2 unspecified atom stereocenters. The number of aliphatic hydroxyl groups is 1. The molecule has 204 valence electrons. The van der Waals surface area contributed by atoms with Crippen molar-refractivity contribution in [1.29, 1.82) is 0 Å². The first-order valence-corrected chi connectivity index (χ1v) is 13.3. The Balaban J connectivity index is 1.57. The van der Waals surface area contributed by atoms with Crippen LogP contribution in [0, 0.1) is 0 Å². The van der Waals surface area contributed by atoms with Crippen molar-refractivity contribution in [2.45, 2.75) is 58.2 Å². The average molecular weight is 532 g/mol. The number of ether oxygens (including phenoxy) is 3. The highest BCUT2D eigenvalue weighted by atomic mass is 16.5. The third-order valence-corrected chi connectivity index (χ3v) is 7.12. The van der Waals surface area contributed by atoms with Gasteiger partial charge in [0.05, 0.1) is 38.1 Å². The summed E-state index contributed by atoms with van der Waals surface area (Å²) in [5, 5.41) is 11.5. The number of rotatable bonds is 10. The molecule has 0 bridgehead atoms. The molecule has 5 rings (SSSR count). The van der Waals surface area contributed by atoms with Gasteiger partial charge in [-0.25, -0.2) is 0 Å². The van der Waals surface area contributed by atoms with E-state index in [-0.39, 0.29) is 24.0 Å². The summed E-state index contributed by atoms with van der Waals surface area (Å²) in [4.78, 5) is 28.2. The Morgan fingerprint density at radius 3 is 2.69 bits per heavy atom. The summed E-state index contributed by atoms with van der Waals surface area (Å²) in [6.45, 7) is 4.73. The second kappa shape index (κ2) is 11.3. The van der Waals surface area contributed by atoms with Gasteiger partial charge in [-0.15, -0.1) is 0 Å². The van der Waals surface area contributed by atoms with Gasteiger partial charge in [0.2, 0.25) is 0 Å². The fraction of sp³-hybridized carbons (Fsp3) is 0.355. The number of unbranched alkanes of at least 4 members (excludes halogenated alkanes) is 2. The van der Waals surface area contributed by atoms with Gasteiger partial charge in [0.1, 0.15) is 23.4 Å². The zero-order valence-corrected chi connectivity index (χ0v) is 22.4. The summed E-state index contributed by atoms with van der Waals surface area (Å²) in [5.41, 5.74) is 2.02. The topological polar surface area (TPSA) is 98.4 Å². The Kier molecular flexibility index (Phi) is 7.63. The number of aliphatic hydroxyl groups excluding tert-OH is 1. The predicted molar refractivity (Wildman–Crippen MR) is 145 cm³/mol. The van der Waals surface area contributed by atoms with E-state index in [1.54, 1.807) is 49.6 Å². The van der Waals surface area contributed by atoms with E-state index in [1.165, 1.54) is 11.2 Å². The third kappa shape index (κ3) is 5.24. The Bertz CT molecular complexity index is 1390. The summed E-state index contributed by atoms with van der Waals surface area (Å²) < 4.78 is 22.8. The molecule has 1 aromatic heterocycles. The van der Waals surface area contributed by atoms with E-state index in [4.69, 9.17) is 18.6 Å². The molecule has 0 aliphatic carbocycles. The molecule has 3 aromatic rings. The minimum absolute atomic E-state index is 0.0112. The SMILES string of the molecule is CCCCCOc1ccc(C2/C(=C(\O)c3ccc4c(c3)CC(C)O4)C(=O)C(=O)N2Cc2ccco2)cc1OC. The monoisotopic (exact) mass is 531 g/mol. The zero-order chi connectivity index (χ0) is 27.5. The quantitative estimate of drug-likeness (QED) is 0.153. The van der Waals surface area contributed by atoms with E-state index >= 15 is 0 Å². The molecule has 1 amide bonds. The number of likely N-dealkylation sites (tertiary alicyclic amines) is 1. The molecule has 0 spiro atoms. The number of nitrogens with zero attached hydrogens (tertiary/aromatic N) is 1. The molecule has 1 N–H and O–H groups in total. The summed E-state index contributed by atoms with van der Waals surface area (Å²) in [6.07, 6.45) is 5.33. The molecule has 2 aromatic carbocycles. The summed E-state index contributed by atoms with van der Waals surface area (Å²) in [5.74, 6) is 0.635. The smallest absolute Gasteiger partial charge is 0.296 e. The van der Waals surface area contributed by atoms with Gasteiger partial charge in [-0.2, -0.15) is 0 Å². The molecule has 2 atom stereocenters. The van der Waals surface area contributed by atoms with Crippen LogP contribution in [0.2, 0.25) is 0 Å². The molecule has 1 fully saturated rings. The normalized spacial score (nSPS) is 19.7. The van der Waals surface area contributed by atoms with Crippen molar-refractivity contribution in [3.63, 3.8) is 0 Å². The van der Waals surface area contributed by atoms with Crippen LogP contribution < -0.4 is 14.2 Å². The molecule has 0 radical (unpaired) electrons. The lowest BCUT2D eigenvalue weighted by Crippen LogP contribution is -2.29. The average Bonchev–Trinajstić information content (AvgIpc) is 3.65. The number of amides is 1. The van der Waals surface area contributed by atoms with Gasteiger partial charge in [0.25, 0.3) is 11.7 Å². The van der Waals surface area contributed by atoms with E-state index in [0.717, 1.165) is 30.6 Å². The largest absolute Gasteiger partial charge is 0.507 e. The van der Waals surface area contributed by atoms with Crippen LogP contribution in [0.4, 0.5) is 0 Å².